The summed E-state index contributed by atoms with van der Waals surface area (Å²) < 4.78 is 5.51. The van der Waals surface area contributed by atoms with Crippen LogP contribution in [0.3, 0.4) is 0 Å². The van der Waals surface area contributed by atoms with E-state index in [0.717, 1.165) is 30.6 Å². The third-order valence-corrected chi connectivity index (χ3v) is 4.23. The lowest BCUT2D eigenvalue weighted by molar-refractivity contribution is 0.0933. The number of aryl methyl sites for hydroxylation is 2. The van der Waals surface area contributed by atoms with Crippen LogP contribution in [0.1, 0.15) is 46.8 Å². The molecule has 1 aliphatic heterocycles. The Morgan fingerprint density at radius 3 is 2.65 bits per heavy atom. The van der Waals surface area contributed by atoms with Crippen LogP contribution in [-0.4, -0.2) is 12.4 Å². The first-order chi connectivity index (χ1) is 11.3. The summed E-state index contributed by atoms with van der Waals surface area (Å²) in [5.41, 5.74) is 4.52. The van der Waals surface area contributed by atoms with Gasteiger partial charge in [0, 0.05) is 6.42 Å². The highest BCUT2D eigenvalue weighted by molar-refractivity contribution is 6.00. The maximum Gasteiger partial charge on any atom is 0.170 e. The Morgan fingerprint density at radius 1 is 1.09 bits per heavy atom. The number of fused-ring (bicyclic) bond motifs is 1. The van der Waals surface area contributed by atoms with E-state index in [9.17, 15) is 4.79 Å². The minimum absolute atomic E-state index is 0.178. The fourth-order valence-electron chi connectivity index (χ4n) is 2.79. The highest BCUT2D eigenvalue weighted by Crippen LogP contribution is 2.26. The highest BCUT2D eigenvalue weighted by atomic mass is 16.5. The molecule has 1 heterocycles. The summed E-state index contributed by atoms with van der Waals surface area (Å²) in [6.45, 7) is 2.67. The van der Waals surface area contributed by atoms with Crippen LogP contribution in [0.5, 0.6) is 5.75 Å². The van der Waals surface area contributed by atoms with Crippen molar-refractivity contribution < 1.29 is 9.53 Å². The van der Waals surface area contributed by atoms with Crippen LogP contribution >= 0.6 is 0 Å². The van der Waals surface area contributed by atoms with E-state index in [0.29, 0.717) is 18.6 Å². The molecule has 2 aromatic carbocycles. The van der Waals surface area contributed by atoms with Gasteiger partial charge in [0.15, 0.2) is 5.78 Å². The second-order valence-corrected chi connectivity index (χ2v) is 5.89. The summed E-state index contributed by atoms with van der Waals surface area (Å²) in [4.78, 5) is 11.9. The van der Waals surface area contributed by atoms with Gasteiger partial charge in [0.2, 0.25) is 0 Å². The third kappa shape index (κ3) is 3.89. The van der Waals surface area contributed by atoms with Crippen molar-refractivity contribution in [2.75, 3.05) is 6.61 Å². The zero-order valence-electron chi connectivity index (χ0n) is 13.5. The molecule has 2 aromatic rings. The SMILES string of the molecule is CCc1ccc(CC/C=C/c2ccc3c(c2)C(=O)CCO3)cc1. The number of hydrogen-bond donors (Lipinski definition) is 0. The van der Waals surface area contributed by atoms with Gasteiger partial charge in [-0.15, -0.1) is 0 Å². The van der Waals surface area contributed by atoms with Crippen molar-refractivity contribution in [3.8, 4) is 5.75 Å². The third-order valence-electron chi connectivity index (χ3n) is 4.23. The summed E-state index contributed by atoms with van der Waals surface area (Å²) in [5, 5.41) is 0. The standard InChI is InChI=1S/C21H22O2/c1-2-16-7-9-17(10-8-16)5-3-4-6-18-11-12-21-19(15-18)20(22)13-14-23-21/h4,6-12,15H,2-3,5,13-14H2,1H3/b6-4+. The molecule has 0 saturated carbocycles. The summed E-state index contributed by atoms with van der Waals surface area (Å²) in [6, 6.07) is 14.7. The molecule has 0 spiro atoms. The van der Waals surface area contributed by atoms with Crippen LogP contribution in [0.15, 0.2) is 48.5 Å². The topological polar surface area (TPSA) is 26.3 Å². The predicted octanol–water partition coefficient (Wildman–Crippen LogP) is 4.86. The van der Waals surface area contributed by atoms with Gasteiger partial charge in [-0.1, -0.05) is 49.4 Å². The first-order valence-electron chi connectivity index (χ1n) is 8.30. The van der Waals surface area contributed by atoms with Crippen LogP contribution in [0.2, 0.25) is 0 Å². The van der Waals surface area contributed by atoms with Gasteiger partial charge in [-0.2, -0.15) is 0 Å². The lowest BCUT2D eigenvalue weighted by Crippen LogP contribution is -2.15. The van der Waals surface area contributed by atoms with E-state index >= 15 is 0 Å². The first-order valence-corrected chi connectivity index (χ1v) is 8.30. The fourth-order valence-corrected chi connectivity index (χ4v) is 2.79. The molecule has 0 amide bonds. The number of benzene rings is 2. The van der Waals surface area contributed by atoms with Gasteiger partial charge in [0.25, 0.3) is 0 Å². The van der Waals surface area contributed by atoms with E-state index in [1.54, 1.807) is 0 Å². The number of allylic oxidation sites excluding steroid dienone is 1. The molecule has 0 bridgehead atoms. The van der Waals surface area contributed by atoms with Gasteiger partial charge in [0.05, 0.1) is 12.2 Å². The Hall–Kier alpha value is -2.35. The zero-order valence-corrected chi connectivity index (χ0v) is 13.5. The van der Waals surface area contributed by atoms with Gasteiger partial charge < -0.3 is 4.74 Å². The average molecular weight is 306 g/mol. The second kappa shape index (κ2) is 7.28. The van der Waals surface area contributed by atoms with E-state index in [4.69, 9.17) is 4.74 Å². The van der Waals surface area contributed by atoms with Gasteiger partial charge in [-0.05, 0) is 48.1 Å². The molecule has 0 saturated heterocycles. The first kappa shape index (κ1) is 15.5. The van der Waals surface area contributed by atoms with Gasteiger partial charge >= 0.3 is 0 Å². The number of hydrogen-bond acceptors (Lipinski definition) is 2. The molecular weight excluding hydrogens is 284 g/mol. The largest absolute Gasteiger partial charge is 0.492 e. The number of ketones is 1. The molecule has 118 valence electrons. The summed E-state index contributed by atoms with van der Waals surface area (Å²) in [5.74, 6) is 0.895. The number of carbonyl (C=O) groups is 1. The van der Waals surface area contributed by atoms with E-state index < -0.39 is 0 Å². The molecule has 0 atom stereocenters. The molecule has 0 unspecified atom stereocenters. The molecule has 2 nitrogen and oxygen atoms in total. The van der Waals surface area contributed by atoms with Crippen LogP contribution in [0.25, 0.3) is 6.08 Å². The molecule has 0 aliphatic carbocycles. The van der Waals surface area contributed by atoms with Crippen molar-refractivity contribution in [2.45, 2.75) is 32.6 Å². The smallest absolute Gasteiger partial charge is 0.170 e. The Bertz CT molecular complexity index is 711. The second-order valence-electron chi connectivity index (χ2n) is 5.89. The van der Waals surface area contributed by atoms with E-state index in [2.05, 4.69) is 43.3 Å². The summed E-state index contributed by atoms with van der Waals surface area (Å²) in [6.07, 6.45) is 7.85. The van der Waals surface area contributed by atoms with Gasteiger partial charge in [-0.3, -0.25) is 4.79 Å². The maximum absolute atomic E-state index is 11.9. The van der Waals surface area contributed by atoms with Crippen molar-refractivity contribution >= 4 is 11.9 Å². The quantitative estimate of drug-likeness (QED) is 0.788. The van der Waals surface area contributed by atoms with Crippen LogP contribution < -0.4 is 4.74 Å². The minimum atomic E-state index is 0.178. The van der Waals surface area contributed by atoms with Crippen LogP contribution in [-0.2, 0) is 12.8 Å². The monoisotopic (exact) mass is 306 g/mol. The zero-order chi connectivity index (χ0) is 16.1. The van der Waals surface area contributed by atoms with Gasteiger partial charge in [0.1, 0.15) is 5.75 Å². The molecule has 3 rings (SSSR count). The van der Waals surface area contributed by atoms with Crippen molar-refractivity contribution in [1.29, 1.82) is 0 Å². The normalized spacial score (nSPS) is 13.9. The lowest BCUT2D eigenvalue weighted by atomic mass is 10.0. The average Bonchev–Trinajstić information content (AvgIpc) is 2.60. The predicted molar refractivity (Wildman–Crippen MR) is 94.1 cm³/mol. The highest BCUT2D eigenvalue weighted by Gasteiger charge is 2.17. The molecule has 0 N–H and O–H groups in total. The molecule has 0 fully saturated rings. The van der Waals surface area contributed by atoms with E-state index in [1.807, 2.05) is 18.2 Å². The molecule has 0 radical (unpaired) electrons. The number of carbonyl (C=O) groups excluding carboxylic acids is 1. The maximum atomic E-state index is 11.9. The Kier molecular flexibility index (Phi) is 4.92. The van der Waals surface area contributed by atoms with Crippen molar-refractivity contribution in [3.05, 3.63) is 70.8 Å². The molecule has 1 aliphatic rings. The lowest BCUT2D eigenvalue weighted by Gasteiger charge is -2.16. The number of Topliss-reactive ketones (excluding diaryl/α,β-unsaturated/α-hetero) is 1. The molecule has 23 heavy (non-hydrogen) atoms. The fraction of sp³-hybridized carbons (Fsp3) is 0.286. The Labute approximate surface area is 137 Å². The van der Waals surface area contributed by atoms with E-state index in [1.165, 1.54) is 11.1 Å². The molecular formula is C21H22O2. The van der Waals surface area contributed by atoms with Crippen LogP contribution in [0, 0.1) is 0 Å². The van der Waals surface area contributed by atoms with Gasteiger partial charge in [-0.25, -0.2) is 0 Å². The Balaban J connectivity index is 1.59. The van der Waals surface area contributed by atoms with Crippen molar-refractivity contribution in [1.82, 2.24) is 0 Å². The minimum Gasteiger partial charge on any atom is -0.492 e. The number of ether oxygens (including phenoxy) is 1. The Morgan fingerprint density at radius 2 is 1.87 bits per heavy atom. The van der Waals surface area contributed by atoms with Crippen LogP contribution in [0.4, 0.5) is 0 Å². The molecule has 2 heteroatoms. The summed E-state index contributed by atoms with van der Waals surface area (Å²) >= 11 is 0. The van der Waals surface area contributed by atoms with E-state index in [-0.39, 0.29) is 5.78 Å². The summed E-state index contributed by atoms with van der Waals surface area (Å²) in [7, 11) is 0. The van der Waals surface area contributed by atoms with Crippen molar-refractivity contribution in [2.24, 2.45) is 0 Å². The number of rotatable bonds is 5. The molecule has 0 aromatic heterocycles. The van der Waals surface area contributed by atoms with Crippen molar-refractivity contribution in [3.63, 3.8) is 0 Å².